The zero-order chi connectivity index (χ0) is 13.8. The van der Waals surface area contributed by atoms with Gasteiger partial charge in [0.15, 0.2) is 5.82 Å². The van der Waals surface area contributed by atoms with Crippen molar-refractivity contribution < 1.29 is 0 Å². The lowest BCUT2D eigenvalue weighted by Gasteiger charge is -2.19. The number of aromatic nitrogens is 3. The molecule has 106 valence electrons. The van der Waals surface area contributed by atoms with Crippen LogP contribution in [0, 0.1) is 0 Å². The molecule has 1 aliphatic carbocycles. The Morgan fingerprint density at radius 1 is 1.10 bits per heavy atom. The van der Waals surface area contributed by atoms with E-state index in [4.69, 9.17) is 11.6 Å². The molecule has 0 radical (unpaired) electrons. The largest absolute Gasteiger partial charge is 0.258 e. The zero-order valence-corrected chi connectivity index (χ0v) is 13.4. The lowest BCUT2D eigenvalue weighted by Crippen LogP contribution is -2.06. The molecule has 0 spiro atoms. The van der Waals surface area contributed by atoms with Crippen LogP contribution in [0.2, 0.25) is 5.02 Å². The minimum atomic E-state index is 0.732. The Kier molecular flexibility index (Phi) is 4.91. The summed E-state index contributed by atoms with van der Waals surface area (Å²) in [7, 11) is 3.59. The first-order valence-electron chi connectivity index (χ1n) is 6.83. The van der Waals surface area contributed by atoms with Crippen LogP contribution in [0.25, 0.3) is 11.4 Å². The Hall–Kier alpha value is -0.650. The molecule has 20 heavy (non-hydrogen) atoms. The minimum Gasteiger partial charge on any atom is -0.258 e. The summed E-state index contributed by atoms with van der Waals surface area (Å²) in [6.45, 7) is 0. The van der Waals surface area contributed by atoms with Gasteiger partial charge in [0, 0.05) is 15.8 Å². The van der Waals surface area contributed by atoms with Crippen molar-refractivity contribution in [3.63, 3.8) is 0 Å². The third kappa shape index (κ3) is 3.71. The Morgan fingerprint density at radius 3 is 2.60 bits per heavy atom. The van der Waals surface area contributed by atoms with E-state index in [1.165, 1.54) is 32.1 Å². The molecule has 2 aromatic rings. The van der Waals surface area contributed by atoms with Gasteiger partial charge in [-0.25, -0.2) is 4.98 Å². The van der Waals surface area contributed by atoms with Crippen LogP contribution in [-0.4, -0.2) is 20.4 Å². The molecule has 3 rings (SSSR count). The van der Waals surface area contributed by atoms with Gasteiger partial charge in [0.2, 0.25) is 5.16 Å². The van der Waals surface area contributed by atoms with Crippen LogP contribution in [0.4, 0.5) is 0 Å². The first-order valence-corrected chi connectivity index (χ1v) is 9.42. The molecule has 0 amide bonds. The van der Waals surface area contributed by atoms with Crippen LogP contribution in [0.15, 0.2) is 29.4 Å². The topological polar surface area (TPSA) is 41.6 Å². The Balaban J connectivity index is 1.60. The number of hydrogen-bond acceptors (Lipinski definition) is 4. The third-order valence-corrected chi connectivity index (χ3v) is 6.37. The van der Waals surface area contributed by atoms with Crippen LogP contribution in [0.5, 0.6) is 0 Å². The molecule has 0 aliphatic heterocycles. The maximum Gasteiger partial charge on any atom is 0.219 e. The van der Waals surface area contributed by atoms with Gasteiger partial charge in [-0.05, 0) is 47.9 Å². The standard InChI is InChI=1S/C14H16ClN3S2/c15-11-8-6-10(7-9-11)13-16-14(18-17-13)20-19-12-4-2-1-3-5-12/h6-9,12H,1-5H2,(H,16,17,18). The van der Waals surface area contributed by atoms with Gasteiger partial charge in [-0.3, -0.25) is 5.10 Å². The smallest absolute Gasteiger partial charge is 0.219 e. The van der Waals surface area contributed by atoms with Crippen molar-refractivity contribution >= 4 is 33.2 Å². The summed E-state index contributed by atoms with van der Waals surface area (Å²) in [4.78, 5) is 4.53. The van der Waals surface area contributed by atoms with Crippen LogP contribution < -0.4 is 0 Å². The molecule has 1 aliphatic rings. The summed E-state index contributed by atoms with van der Waals surface area (Å²) in [6, 6.07) is 7.63. The molecule has 1 fully saturated rings. The first-order chi connectivity index (χ1) is 9.81. The second-order valence-electron chi connectivity index (χ2n) is 4.91. The van der Waals surface area contributed by atoms with Crippen LogP contribution >= 0.6 is 33.2 Å². The fraction of sp³-hybridized carbons (Fsp3) is 0.429. The number of nitrogens with zero attached hydrogens (tertiary/aromatic N) is 2. The van der Waals surface area contributed by atoms with E-state index in [1.54, 1.807) is 10.8 Å². The summed E-state index contributed by atoms with van der Waals surface area (Å²) < 4.78 is 0. The minimum absolute atomic E-state index is 0.732. The normalized spacial score (nSPS) is 16.4. The van der Waals surface area contributed by atoms with Crippen molar-refractivity contribution in [1.29, 1.82) is 0 Å². The van der Waals surface area contributed by atoms with Crippen molar-refractivity contribution in [2.75, 3.05) is 0 Å². The zero-order valence-electron chi connectivity index (χ0n) is 11.0. The van der Waals surface area contributed by atoms with Gasteiger partial charge in [-0.15, -0.1) is 5.10 Å². The van der Waals surface area contributed by atoms with Gasteiger partial charge in [0.1, 0.15) is 0 Å². The monoisotopic (exact) mass is 325 g/mol. The van der Waals surface area contributed by atoms with Gasteiger partial charge in [-0.2, -0.15) is 0 Å². The Morgan fingerprint density at radius 2 is 1.85 bits per heavy atom. The molecule has 0 saturated heterocycles. The van der Waals surface area contributed by atoms with Crippen LogP contribution in [0.3, 0.4) is 0 Å². The van der Waals surface area contributed by atoms with Crippen molar-refractivity contribution in [3.8, 4) is 11.4 Å². The maximum atomic E-state index is 5.89. The highest BCUT2D eigenvalue weighted by Crippen LogP contribution is 2.39. The van der Waals surface area contributed by atoms with Gasteiger partial charge in [0.25, 0.3) is 0 Å². The molecule has 1 N–H and O–H groups in total. The van der Waals surface area contributed by atoms with Gasteiger partial charge in [-0.1, -0.05) is 41.7 Å². The second kappa shape index (κ2) is 6.87. The molecular weight excluding hydrogens is 310 g/mol. The van der Waals surface area contributed by atoms with Crippen molar-refractivity contribution in [2.24, 2.45) is 0 Å². The van der Waals surface area contributed by atoms with E-state index in [9.17, 15) is 0 Å². The lowest BCUT2D eigenvalue weighted by molar-refractivity contribution is 0.517. The second-order valence-corrected chi connectivity index (χ2v) is 7.82. The third-order valence-electron chi connectivity index (χ3n) is 3.39. The quantitative estimate of drug-likeness (QED) is 0.785. The number of H-pyrrole nitrogens is 1. The summed E-state index contributed by atoms with van der Waals surface area (Å²) in [5.74, 6) is 0.799. The first kappa shape index (κ1) is 14.3. The van der Waals surface area contributed by atoms with Crippen LogP contribution in [-0.2, 0) is 0 Å². The van der Waals surface area contributed by atoms with Gasteiger partial charge in [0.05, 0.1) is 0 Å². The van der Waals surface area contributed by atoms with E-state index in [0.717, 1.165) is 26.8 Å². The van der Waals surface area contributed by atoms with Crippen LogP contribution in [0.1, 0.15) is 32.1 Å². The number of halogens is 1. The summed E-state index contributed by atoms with van der Waals surface area (Å²) in [5.41, 5.74) is 1.01. The van der Waals surface area contributed by atoms with E-state index >= 15 is 0 Å². The van der Waals surface area contributed by atoms with E-state index in [0.29, 0.717) is 0 Å². The number of hydrogen-bond donors (Lipinski definition) is 1. The highest BCUT2D eigenvalue weighted by Gasteiger charge is 2.16. The van der Waals surface area contributed by atoms with Gasteiger partial charge < -0.3 is 0 Å². The Bertz CT molecular complexity index is 550. The summed E-state index contributed by atoms with van der Waals surface area (Å²) in [6.07, 6.45) is 6.77. The van der Waals surface area contributed by atoms with Crippen molar-refractivity contribution in [2.45, 2.75) is 42.5 Å². The fourth-order valence-corrected chi connectivity index (χ4v) is 4.85. The molecule has 0 atom stereocenters. The Labute approximate surface area is 131 Å². The molecule has 6 heteroatoms. The average Bonchev–Trinajstić information content (AvgIpc) is 2.96. The maximum absolute atomic E-state index is 5.89. The molecule has 0 bridgehead atoms. The highest BCUT2D eigenvalue weighted by molar-refractivity contribution is 8.76. The molecule has 1 aromatic carbocycles. The van der Waals surface area contributed by atoms with Gasteiger partial charge >= 0.3 is 0 Å². The number of rotatable bonds is 4. The number of benzene rings is 1. The molecule has 1 aromatic heterocycles. The molecule has 1 saturated carbocycles. The van der Waals surface area contributed by atoms with E-state index in [-0.39, 0.29) is 0 Å². The predicted molar refractivity (Wildman–Crippen MR) is 87.1 cm³/mol. The molecular formula is C14H16ClN3S2. The summed E-state index contributed by atoms with van der Waals surface area (Å²) >= 11 is 5.89. The highest BCUT2D eigenvalue weighted by atomic mass is 35.5. The summed E-state index contributed by atoms with van der Waals surface area (Å²) in [5, 5.41) is 9.56. The molecule has 1 heterocycles. The van der Waals surface area contributed by atoms with Crippen molar-refractivity contribution in [1.82, 2.24) is 15.2 Å². The van der Waals surface area contributed by atoms with E-state index in [2.05, 4.69) is 15.2 Å². The average molecular weight is 326 g/mol. The SMILES string of the molecule is Clc1ccc(-c2nc(SSC3CCCCC3)n[nH]2)cc1. The molecule has 3 nitrogen and oxygen atoms in total. The predicted octanol–water partition coefficient (Wildman–Crippen LogP) is 5.20. The fourth-order valence-electron chi connectivity index (χ4n) is 2.29. The lowest BCUT2D eigenvalue weighted by atomic mass is 10.0. The molecule has 0 unspecified atom stereocenters. The van der Waals surface area contributed by atoms with Crippen molar-refractivity contribution in [3.05, 3.63) is 29.3 Å². The number of nitrogens with one attached hydrogen (secondary N) is 1. The van der Waals surface area contributed by atoms with E-state index in [1.807, 2.05) is 35.1 Å². The number of aromatic amines is 1. The van der Waals surface area contributed by atoms with E-state index < -0.39 is 0 Å².